The number of allylic oxidation sites excluding steroid dienone is 2. The molecule has 0 aliphatic heterocycles. The molecule has 192 valence electrons. The van der Waals surface area contributed by atoms with E-state index in [1.165, 1.54) is 17.3 Å². The van der Waals surface area contributed by atoms with E-state index in [4.69, 9.17) is 9.72 Å². The molecule has 0 amide bonds. The van der Waals surface area contributed by atoms with Crippen molar-refractivity contribution >= 4 is 17.7 Å². The molecule has 4 aromatic rings. The zero-order valence-corrected chi connectivity index (χ0v) is 21.9. The van der Waals surface area contributed by atoms with Gasteiger partial charge in [0.05, 0.1) is 29.7 Å². The minimum Gasteiger partial charge on any atom is -0.454 e. The molecule has 0 bridgehead atoms. The van der Waals surface area contributed by atoms with E-state index >= 15 is 0 Å². The highest BCUT2D eigenvalue weighted by Crippen LogP contribution is 2.40. The largest absolute Gasteiger partial charge is 0.454 e. The maximum absolute atomic E-state index is 10.8. The number of benzene rings is 2. The summed E-state index contributed by atoms with van der Waals surface area (Å²) in [7, 11) is 1.93. The van der Waals surface area contributed by atoms with Crippen LogP contribution >= 0.6 is 0 Å². The second kappa shape index (κ2) is 11.5. The number of nitrogens with zero attached hydrogens (tertiary/aromatic N) is 5. The quantitative estimate of drug-likeness (QED) is 0.191. The average Bonchev–Trinajstić information content (AvgIpc) is 3.58. The van der Waals surface area contributed by atoms with Crippen LogP contribution in [0.25, 0.3) is 17.7 Å². The van der Waals surface area contributed by atoms with Crippen molar-refractivity contribution in [2.45, 2.75) is 31.6 Å². The summed E-state index contributed by atoms with van der Waals surface area (Å²) in [4.78, 5) is 4.70. The molecule has 0 fully saturated rings. The normalized spacial score (nSPS) is 14.4. The van der Waals surface area contributed by atoms with Gasteiger partial charge in [-0.05, 0) is 37.3 Å². The molecule has 1 aliphatic rings. The topological polar surface area (TPSA) is 79.6 Å². The van der Waals surface area contributed by atoms with Gasteiger partial charge in [-0.3, -0.25) is 0 Å². The summed E-state index contributed by atoms with van der Waals surface area (Å²) >= 11 is 0. The van der Waals surface area contributed by atoms with Gasteiger partial charge >= 0.3 is 0 Å². The van der Waals surface area contributed by atoms with E-state index in [9.17, 15) is 10.5 Å². The predicted octanol–water partition coefficient (Wildman–Crippen LogP) is 6.85. The smallest absolute Gasteiger partial charge is 0.149 e. The van der Waals surface area contributed by atoms with E-state index in [2.05, 4.69) is 29.4 Å². The fourth-order valence-electron chi connectivity index (χ4n) is 5.30. The van der Waals surface area contributed by atoms with Crippen molar-refractivity contribution < 1.29 is 4.74 Å². The molecular formula is C33H29N5O. The summed E-state index contributed by atoms with van der Waals surface area (Å²) in [5.74, 6) is 0.924. The maximum Gasteiger partial charge on any atom is 0.149 e. The third kappa shape index (κ3) is 5.06. The van der Waals surface area contributed by atoms with Crippen LogP contribution in [0.3, 0.4) is 0 Å². The lowest BCUT2D eigenvalue weighted by Crippen LogP contribution is -2.16. The number of aromatic nitrogens is 3. The van der Waals surface area contributed by atoms with Crippen molar-refractivity contribution in [3.05, 3.63) is 131 Å². The molecule has 0 radical (unpaired) electrons. The van der Waals surface area contributed by atoms with Gasteiger partial charge in [-0.2, -0.15) is 10.5 Å². The molecule has 0 N–H and O–H groups in total. The predicted molar refractivity (Wildman–Crippen MR) is 153 cm³/mol. The van der Waals surface area contributed by atoms with Crippen molar-refractivity contribution in [2.75, 3.05) is 0 Å². The third-order valence-electron chi connectivity index (χ3n) is 7.12. The molecule has 0 saturated heterocycles. The number of ether oxygens (including phenoxy) is 1. The minimum atomic E-state index is -0.534. The van der Waals surface area contributed by atoms with Gasteiger partial charge in [0.1, 0.15) is 17.3 Å². The van der Waals surface area contributed by atoms with E-state index < -0.39 is 5.92 Å². The summed E-state index contributed by atoms with van der Waals surface area (Å²) in [6.07, 6.45) is 11.0. The van der Waals surface area contributed by atoms with Crippen LogP contribution in [0.5, 0.6) is 0 Å². The zero-order valence-electron chi connectivity index (χ0n) is 21.9. The van der Waals surface area contributed by atoms with E-state index in [0.29, 0.717) is 22.9 Å². The van der Waals surface area contributed by atoms with Gasteiger partial charge in [0.25, 0.3) is 0 Å². The average molecular weight is 512 g/mol. The van der Waals surface area contributed by atoms with E-state index in [-0.39, 0.29) is 0 Å². The summed E-state index contributed by atoms with van der Waals surface area (Å²) in [6.45, 7) is 4.12. The van der Waals surface area contributed by atoms with Crippen LogP contribution in [0.15, 0.2) is 97.4 Å². The van der Waals surface area contributed by atoms with E-state index in [1.54, 1.807) is 6.20 Å². The molecule has 0 spiro atoms. The van der Waals surface area contributed by atoms with E-state index in [1.807, 2.05) is 84.7 Å². The number of hydrogen-bond acceptors (Lipinski definition) is 4. The van der Waals surface area contributed by atoms with Gasteiger partial charge in [0.2, 0.25) is 0 Å². The summed E-state index contributed by atoms with van der Waals surface area (Å²) in [5.41, 5.74) is 5.31. The van der Waals surface area contributed by atoms with Crippen LogP contribution in [0.1, 0.15) is 52.7 Å². The highest BCUT2D eigenvalue weighted by Gasteiger charge is 2.32. The van der Waals surface area contributed by atoms with Gasteiger partial charge in [-0.15, -0.1) is 0 Å². The second-order valence-corrected chi connectivity index (χ2v) is 9.46. The number of imidazole rings is 1. The number of nitriles is 2. The maximum atomic E-state index is 10.8. The van der Waals surface area contributed by atoms with Crippen LogP contribution in [-0.2, 0) is 24.6 Å². The van der Waals surface area contributed by atoms with Gasteiger partial charge in [-0.25, -0.2) is 4.98 Å². The highest BCUT2D eigenvalue weighted by atomic mass is 16.5. The number of aryl methyl sites for hydroxylation is 2. The first-order valence-corrected chi connectivity index (χ1v) is 13.0. The van der Waals surface area contributed by atoms with Crippen molar-refractivity contribution in [3.63, 3.8) is 0 Å². The number of fused-ring (bicyclic) bond motifs is 1. The SMILES string of the molecule is C=Cn1c(C(/C(C#N)=C(/O/C(=C\C#N)c2ccccc2)c2ccccc2)c2nccn2C)cc2c1CCCC2. The molecule has 0 saturated carbocycles. The van der Waals surface area contributed by atoms with Crippen molar-refractivity contribution in [1.29, 1.82) is 10.5 Å². The Morgan fingerprint density at radius 1 is 1.03 bits per heavy atom. The van der Waals surface area contributed by atoms with Gasteiger partial charge < -0.3 is 13.9 Å². The Balaban J connectivity index is 1.79. The van der Waals surface area contributed by atoms with Crippen LogP contribution in [-0.4, -0.2) is 14.1 Å². The van der Waals surface area contributed by atoms with Crippen molar-refractivity contribution in [3.8, 4) is 12.1 Å². The standard InChI is InChI=1S/C33H29N5O/c1-3-38-28-17-11-10-16-26(28)22-29(38)31(33-36-20-21-37(33)2)27(23-35)32(25-14-8-5-9-15-25)39-30(18-19-34)24-12-6-4-7-13-24/h3-9,12-15,18,20-22,31H,1,10-11,16-17H2,2H3/b30-18-,32-27+. The first-order chi connectivity index (χ1) is 19.2. The molecule has 6 heteroatoms. The van der Waals surface area contributed by atoms with Gasteiger partial charge in [0.15, 0.2) is 0 Å². The lowest BCUT2D eigenvalue weighted by atomic mass is 9.91. The summed E-state index contributed by atoms with van der Waals surface area (Å²) in [6, 6.07) is 25.8. The number of rotatable bonds is 8. The molecule has 2 aromatic carbocycles. The molecule has 2 heterocycles. The molecule has 2 aromatic heterocycles. The lowest BCUT2D eigenvalue weighted by Gasteiger charge is -2.22. The van der Waals surface area contributed by atoms with Crippen molar-refractivity contribution in [2.24, 2.45) is 7.05 Å². The Morgan fingerprint density at radius 3 is 2.33 bits per heavy atom. The fourth-order valence-corrected chi connectivity index (χ4v) is 5.30. The number of hydrogen-bond donors (Lipinski definition) is 0. The third-order valence-corrected chi connectivity index (χ3v) is 7.12. The first kappa shape index (κ1) is 25.6. The summed E-state index contributed by atoms with van der Waals surface area (Å²) in [5, 5.41) is 20.4. The van der Waals surface area contributed by atoms with Crippen LogP contribution in [0, 0.1) is 22.7 Å². The Hall–Kier alpha value is -5.07. The monoisotopic (exact) mass is 511 g/mol. The highest BCUT2D eigenvalue weighted by molar-refractivity contribution is 5.76. The Kier molecular flexibility index (Phi) is 7.57. The Bertz CT molecular complexity index is 1620. The second-order valence-electron chi connectivity index (χ2n) is 9.46. The molecular weight excluding hydrogens is 482 g/mol. The Morgan fingerprint density at radius 2 is 1.72 bits per heavy atom. The minimum absolute atomic E-state index is 0.363. The molecule has 1 aliphatic carbocycles. The van der Waals surface area contributed by atoms with Crippen LogP contribution < -0.4 is 0 Å². The molecule has 39 heavy (non-hydrogen) atoms. The van der Waals surface area contributed by atoms with Gasteiger partial charge in [0, 0.05) is 48.2 Å². The summed E-state index contributed by atoms with van der Waals surface area (Å²) < 4.78 is 10.6. The first-order valence-electron chi connectivity index (χ1n) is 13.0. The Labute approximate surface area is 229 Å². The van der Waals surface area contributed by atoms with Crippen LogP contribution in [0.2, 0.25) is 0 Å². The molecule has 5 rings (SSSR count). The fraction of sp³-hybridized carbons (Fsp3) is 0.182. The van der Waals surface area contributed by atoms with Crippen molar-refractivity contribution in [1.82, 2.24) is 14.1 Å². The zero-order chi connectivity index (χ0) is 27.2. The molecule has 1 atom stereocenters. The van der Waals surface area contributed by atoms with E-state index in [0.717, 1.165) is 42.5 Å². The lowest BCUT2D eigenvalue weighted by molar-refractivity contribution is 0.465. The van der Waals surface area contributed by atoms with Crippen LogP contribution in [0.4, 0.5) is 0 Å². The molecule has 6 nitrogen and oxygen atoms in total. The molecule has 1 unspecified atom stereocenters. The van der Waals surface area contributed by atoms with Gasteiger partial charge in [-0.1, -0.05) is 67.2 Å².